The first-order chi connectivity index (χ1) is 5.56. The van der Waals surface area contributed by atoms with E-state index in [1.165, 1.54) is 19.3 Å². The third-order valence-corrected chi connectivity index (χ3v) is 2.99. The zero-order valence-electron chi connectivity index (χ0n) is 8.47. The average molecular weight is 171 g/mol. The Morgan fingerprint density at radius 3 is 2.75 bits per heavy atom. The van der Waals surface area contributed by atoms with E-state index in [1.807, 2.05) is 0 Å². The van der Waals surface area contributed by atoms with Gasteiger partial charge in [-0.15, -0.1) is 0 Å². The van der Waals surface area contributed by atoms with E-state index in [1.54, 1.807) is 7.11 Å². The van der Waals surface area contributed by atoms with Crippen LogP contribution >= 0.6 is 0 Å². The number of hydrogen-bond donors (Lipinski definition) is 1. The Labute approximate surface area is 75.5 Å². The quantitative estimate of drug-likeness (QED) is 0.704. The maximum absolute atomic E-state index is 6.25. The minimum atomic E-state index is 0.0643. The lowest BCUT2D eigenvalue weighted by molar-refractivity contribution is 0.0881. The van der Waals surface area contributed by atoms with E-state index in [-0.39, 0.29) is 5.54 Å². The van der Waals surface area contributed by atoms with Crippen LogP contribution in [0.4, 0.5) is 0 Å². The molecule has 2 nitrogen and oxygen atoms in total. The lowest BCUT2D eigenvalue weighted by atomic mass is 9.91. The van der Waals surface area contributed by atoms with Gasteiger partial charge < -0.3 is 10.5 Å². The topological polar surface area (TPSA) is 35.2 Å². The van der Waals surface area contributed by atoms with Crippen LogP contribution in [-0.2, 0) is 4.74 Å². The second kappa shape index (κ2) is 3.75. The fourth-order valence-corrected chi connectivity index (χ4v) is 2.27. The zero-order valence-corrected chi connectivity index (χ0v) is 8.47. The summed E-state index contributed by atoms with van der Waals surface area (Å²) in [7, 11) is 1.76. The lowest BCUT2D eigenvalue weighted by Gasteiger charge is -2.26. The molecule has 3 atom stereocenters. The third-order valence-electron chi connectivity index (χ3n) is 2.99. The van der Waals surface area contributed by atoms with Crippen LogP contribution in [0.25, 0.3) is 0 Å². The van der Waals surface area contributed by atoms with E-state index < -0.39 is 0 Å². The van der Waals surface area contributed by atoms with Crippen LogP contribution in [0, 0.1) is 5.92 Å². The Balaban J connectivity index is 2.39. The molecule has 1 rings (SSSR count). The summed E-state index contributed by atoms with van der Waals surface area (Å²) in [5.74, 6) is 0.805. The van der Waals surface area contributed by atoms with E-state index in [0.29, 0.717) is 6.10 Å². The molecule has 3 unspecified atom stereocenters. The summed E-state index contributed by atoms with van der Waals surface area (Å²) in [6, 6.07) is 0. The predicted molar refractivity (Wildman–Crippen MR) is 51.0 cm³/mol. The Bertz CT molecular complexity index is 149. The van der Waals surface area contributed by atoms with Gasteiger partial charge in [-0.1, -0.05) is 6.92 Å². The first kappa shape index (κ1) is 10.0. The van der Waals surface area contributed by atoms with E-state index in [2.05, 4.69) is 13.8 Å². The van der Waals surface area contributed by atoms with Gasteiger partial charge in [-0.25, -0.2) is 0 Å². The maximum atomic E-state index is 6.25. The van der Waals surface area contributed by atoms with Crippen molar-refractivity contribution >= 4 is 0 Å². The molecule has 1 saturated carbocycles. The lowest BCUT2D eigenvalue weighted by Crippen LogP contribution is -2.40. The zero-order chi connectivity index (χ0) is 9.19. The second-order valence-corrected chi connectivity index (χ2v) is 4.46. The highest BCUT2D eigenvalue weighted by Gasteiger charge is 2.34. The van der Waals surface area contributed by atoms with Crippen molar-refractivity contribution < 1.29 is 4.74 Å². The molecule has 72 valence electrons. The minimum Gasteiger partial charge on any atom is -0.382 e. The summed E-state index contributed by atoms with van der Waals surface area (Å²) in [6.07, 6.45) is 4.93. The van der Waals surface area contributed by atoms with Crippen LogP contribution in [0.2, 0.25) is 0 Å². The normalized spacial score (nSPS) is 38.5. The van der Waals surface area contributed by atoms with Crippen molar-refractivity contribution in [3.63, 3.8) is 0 Å². The predicted octanol–water partition coefficient (Wildman–Crippen LogP) is 1.93. The minimum absolute atomic E-state index is 0.0643. The summed E-state index contributed by atoms with van der Waals surface area (Å²) in [4.78, 5) is 0. The van der Waals surface area contributed by atoms with Crippen molar-refractivity contribution in [2.24, 2.45) is 11.7 Å². The Morgan fingerprint density at radius 2 is 2.33 bits per heavy atom. The summed E-state index contributed by atoms with van der Waals surface area (Å²) < 4.78 is 5.23. The van der Waals surface area contributed by atoms with Crippen LogP contribution in [0.1, 0.15) is 39.5 Å². The largest absolute Gasteiger partial charge is 0.382 e. The molecule has 1 fully saturated rings. The molecule has 0 aliphatic heterocycles. The summed E-state index contributed by atoms with van der Waals surface area (Å²) in [5, 5.41) is 0. The van der Waals surface area contributed by atoms with Crippen LogP contribution in [-0.4, -0.2) is 18.8 Å². The SMILES string of the molecule is COC(C)CC1(N)CCC(C)C1. The molecule has 1 aliphatic rings. The molecular formula is C10H21NO. The average Bonchev–Trinajstić information content (AvgIpc) is 2.30. The number of ether oxygens (including phenoxy) is 1. The molecule has 2 N–H and O–H groups in total. The number of rotatable bonds is 3. The van der Waals surface area contributed by atoms with Gasteiger partial charge in [-0.2, -0.15) is 0 Å². The van der Waals surface area contributed by atoms with Gasteiger partial charge in [-0.05, 0) is 38.5 Å². The Kier molecular flexibility index (Phi) is 3.13. The molecule has 0 aromatic heterocycles. The van der Waals surface area contributed by atoms with E-state index in [4.69, 9.17) is 10.5 Å². The fourth-order valence-electron chi connectivity index (χ4n) is 2.27. The Morgan fingerprint density at radius 1 is 1.67 bits per heavy atom. The van der Waals surface area contributed by atoms with E-state index in [9.17, 15) is 0 Å². The molecule has 0 aromatic carbocycles. The molecule has 0 aromatic rings. The van der Waals surface area contributed by atoms with Crippen molar-refractivity contribution in [3.8, 4) is 0 Å². The van der Waals surface area contributed by atoms with Gasteiger partial charge in [0.05, 0.1) is 6.10 Å². The smallest absolute Gasteiger partial charge is 0.0560 e. The van der Waals surface area contributed by atoms with Crippen molar-refractivity contribution in [1.29, 1.82) is 0 Å². The highest BCUT2D eigenvalue weighted by Crippen LogP contribution is 2.35. The molecule has 0 amide bonds. The van der Waals surface area contributed by atoms with Crippen molar-refractivity contribution in [2.45, 2.75) is 51.2 Å². The first-order valence-corrected chi connectivity index (χ1v) is 4.87. The number of methoxy groups -OCH3 is 1. The van der Waals surface area contributed by atoms with Gasteiger partial charge in [0.2, 0.25) is 0 Å². The van der Waals surface area contributed by atoms with Crippen LogP contribution < -0.4 is 5.73 Å². The van der Waals surface area contributed by atoms with E-state index in [0.717, 1.165) is 12.3 Å². The molecule has 0 saturated heterocycles. The standard InChI is InChI=1S/C10H21NO/c1-8-4-5-10(11,6-8)7-9(2)12-3/h8-9H,4-7,11H2,1-3H3. The molecule has 0 radical (unpaired) electrons. The van der Waals surface area contributed by atoms with Gasteiger partial charge >= 0.3 is 0 Å². The summed E-state index contributed by atoms with van der Waals surface area (Å²) in [5.41, 5.74) is 6.31. The van der Waals surface area contributed by atoms with Gasteiger partial charge in [0.15, 0.2) is 0 Å². The maximum Gasteiger partial charge on any atom is 0.0560 e. The Hall–Kier alpha value is -0.0800. The van der Waals surface area contributed by atoms with E-state index >= 15 is 0 Å². The van der Waals surface area contributed by atoms with Crippen LogP contribution in [0.3, 0.4) is 0 Å². The summed E-state index contributed by atoms with van der Waals surface area (Å²) >= 11 is 0. The molecule has 12 heavy (non-hydrogen) atoms. The third kappa shape index (κ3) is 2.46. The first-order valence-electron chi connectivity index (χ1n) is 4.87. The van der Waals surface area contributed by atoms with Gasteiger partial charge in [-0.3, -0.25) is 0 Å². The molecule has 0 bridgehead atoms. The van der Waals surface area contributed by atoms with Crippen molar-refractivity contribution in [1.82, 2.24) is 0 Å². The molecule has 0 heterocycles. The van der Waals surface area contributed by atoms with Crippen LogP contribution in [0.5, 0.6) is 0 Å². The highest BCUT2D eigenvalue weighted by molar-refractivity contribution is 4.93. The number of nitrogens with two attached hydrogens (primary N) is 1. The summed E-state index contributed by atoms with van der Waals surface area (Å²) in [6.45, 7) is 4.38. The molecule has 0 spiro atoms. The van der Waals surface area contributed by atoms with Crippen molar-refractivity contribution in [3.05, 3.63) is 0 Å². The second-order valence-electron chi connectivity index (χ2n) is 4.46. The van der Waals surface area contributed by atoms with Gasteiger partial charge in [0.25, 0.3) is 0 Å². The van der Waals surface area contributed by atoms with Crippen molar-refractivity contribution in [2.75, 3.05) is 7.11 Å². The van der Waals surface area contributed by atoms with Crippen LogP contribution in [0.15, 0.2) is 0 Å². The number of hydrogen-bond acceptors (Lipinski definition) is 2. The van der Waals surface area contributed by atoms with Gasteiger partial charge in [0.1, 0.15) is 0 Å². The highest BCUT2D eigenvalue weighted by atomic mass is 16.5. The molecule has 2 heteroatoms. The fraction of sp³-hybridized carbons (Fsp3) is 1.00. The molecule has 1 aliphatic carbocycles. The molecular weight excluding hydrogens is 150 g/mol. The monoisotopic (exact) mass is 171 g/mol. The van der Waals surface area contributed by atoms with Gasteiger partial charge in [0, 0.05) is 12.6 Å².